The van der Waals surface area contributed by atoms with Crippen molar-refractivity contribution < 1.29 is 18.0 Å². The van der Waals surface area contributed by atoms with Gasteiger partial charge in [-0.25, -0.2) is 0 Å². The molecule has 0 unspecified atom stereocenters. The summed E-state index contributed by atoms with van der Waals surface area (Å²) in [5.74, 6) is 0.0659. The van der Waals surface area contributed by atoms with E-state index in [1.54, 1.807) is 0 Å². The molecule has 138 valence electrons. The number of nitrogens with zero attached hydrogens (tertiary/aromatic N) is 2. The Labute approximate surface area is 146 Å². The second-order valence-electron chi connectivity index (χ2n) is 6.97. The first-order valence-electron chi connectivity index (χ1n) is 8.75. The molecule has 2 fully saturated rings. The number of nitrogens with one attached hydrogen (secondary N) is 1. The highest BCUT2D eigenvalue weighted by Crippen LogP contribution is 2.31. The van der Waals surface area contributed by atoms with Crippen LogP contribution in [0.5, 0.6) is 0 Å². The van der Waals surface area contributed by atoms with E-state index in [1.807, 2.05) is 4.90 Å². The Hall–Kier alpha value is -1.60. The van der Waals surface area contributed by atoms with Gasteiger partial charge in [-0.15, -0.1) is 0 Å². The first kappa shape index (κ1) is 18.2. The normalized spacial score (nSPS) is 22.0. The Bertz CT molecular complexity index is 599. The molecule has 1 aliphatic carbocycles. The van der Waals surface area contributed by atoms with E-state index < -0.39 is 11.7 Å². The molecule has 0 spiro atoms. The summed E-state index contributed by atoms with van der Waals surface area (Å²) in [7, 11) is 0. The van der Waals surface area contributed by atoms with Crippen LogP contribution in [-0.4, -0.2) is 54.0 Å². The van der Waals surface area contributed by atoms with Crippen LogP contribution in [0.1, 0.15) is 30.9 Å². The number of rotatable bonds is 5. The number of benzene rings is 1. The summed E-state index contributed by atoms with van der Waals surface area (Å²) in [5, 5.41) is 3.30. The largest absolute Gasteiger partial charge is 0.416 e. The Morgan fingerprint density at radius 3 is 2.52 bits per heavy atom. The van der Waals surface area contributed by atoms with E-state index in [0.29, 0.717) is 19.1 Å². The van der Waals surface area contributed by atoms with Crippen LogP contribution in [0, 0.1) is 0 Å². The predicted molar refractivity (Wildman–Crippen MR) is 88.9 cm³/mol. The molecule has 1 heterocycles. The van der Waals surface area contributed by atoms with Gasteiger partial charge in [0.25, 0.3) is 0 Å². The van der Waals surface area contributed by atoms with E-state index in [9.17, 15) is 18.0 Å². The maximum atomic E-state index is 12.8. The Kier molecular flexibility index (Phi) is 5.34. The maximum Gasteiger partial charge on any atom is 0.416 e. The molecule has 7 heteroatoms. The van der Waals surface area contributed by atoms with Crippen molar-refractivity contribution in [2.24, 2.45) is 0 Å². The molecule has 25 heavy (non-hydrogen) atoms. The predicted octanol–water partition coefficient (Wildman–Crippen LogP) is 2.49. The van der Waals surface area contributed by atoms with Crippen molar-refractivity contribution >= 4 is 5.91 Å². The van der Waals surface area contributed by atoms with Gasteiger partial charge >= 0.3 is 6.18 Å². The fourth-order valence-corrected chi connectivity index (χ4v) is 3.19. The van der Waals surface area contributed by atoms with E-state index in [1.165, 1.54) is 12.1 Å². The molecule has 0 bridgehead atoms. The van der Waals surface area contributed by atoms with Crippen molar-refractivity contribution in [3.63, 3.8) is 0 Å². The number of alkyl halides is 3. The van der Waals surface area contributed by atoms with Gasteiger partial charge in [-0.3, -0.25) is 9.69 Å². The molecule has 0 radical (unpaired) electrons. The number of piperazine rings is 1. The number of halogens is 3. The van der Waals surface area contributed by atoms with Crippen molar-refractivity contribution in [3.8, 4) is 0 Å². The van der Waals surface area contributed by atoms with Gasteiger partial charge in [0.1, 0.15) is 0 Å². The van der Waals surface area contributed by atoms with Crippen LogP contribution in [0.25, 0.3) is 0 Å². The quantitative estimate of drug-likeness (QED) is 0.882. The topological polar surface area (TPSA) is 35.6 Å². The van der Waals surface area contributed by atoms with E-state index >= 15 is 0 Å². The van der Waals surface area contributed by atoms with Crippen LogP contribution in [0.2, 0.25) is 0 Å². The zero-order chi connectivity index (χ0) is 18.0. The summed E-state index contributed by atoms with van der Waals surface area (Å²) in [6, 6.07) is 5.66. The van der Waals surface area contributed by atoms with Gasteiger partial charge in [0, 0.05) is 38.3 Å². The lowest BCUT2D eigenvalue weighted by Gasteiger charge is -2.35. The Balaban J connectivity index is 1.64. The number of hydrogen-bond donors (Lipinski definition) is 1. The molecule has 1 aliphatic heterocycles. The molecule has 1 saturated heterocycles. The molecule has 1 aromatic carbocycles. The molecular weight excluding hydrogens is 331 g/mol. The van der Waals surface area contributed by atoms with Crippen molar-refractivity contribution in [2.45, 2.75) is 44.6 Å². The third-order valence-corrected chi connectivity index (χ3v) is 4.92. The van der Waals surface area contributed by atoms with Crippen LogP contribution >= 0.6 is 0 Å². The lowest BCUT2D eigenvalue weighted by atomic mass is 10.1. The first-order chi connectivity index (χ1) is 11.8. The Morgan fingerprint density at radius 1 is 1.28 bits per heavy atom. The molecule has 0 aromatic heterocycles. The highest BCUT2D eigenvalue weighted by atomic mass is 19.4. The zero-order valence-corrected chi connectivity index (χ0v) is 14.4. The average molecular weight is 355 g/mol. The summed E-state index contributed by atoms with van der Waals surface area (Å²) in [6.07, 6.45) is -2.38. The van der Waals surface area contributed by atoms with E-state index in [0.717, 1.165) is 50.2 Å². The van der Waals surface area contributed by atoms with Gasteiger partial charge < -0.3 is 10.2 Å². The molecule has 4 nitrogen and oxygen atoms in total. The summed E-state index contributed by atoms with van der Waals surface area (Å²) in [4.78, 5) is 16.8. The van der Waals surface area contributed by atoms with Gasteiger partial charge in [0.05, 0.1) is 12.1 Å². The van der Waals surface area contributed by atoms with Gasteiger partial charge in [0.15, 0.2) is 0 Å². The summed E-state index contributed by atoms with van der Waals surface area (Å²) in [5.41, 5.74) is 0.0804. The average Bonchev–Trinajstić information content (AvgIpc) is 3.39. The van der Waals surface area contributed by atoms with Gasteiger partial charge in [-0.2, -0.15) is 13.2 Å². The van der Waals surface area contributed by atoms with E-state index in [-0.39, 0.29) is 11.9 Å². The number of carbonyl (C=O) groups excluding carboxylic acids is 1. The summed E-state index contributed by atoms with van der Waals surface area (Å²) >= 11 is 0. The van der Waals surface area contributed by atoms with Crippen LogP contribution in [0.4, 0.5) is 13.2 Å². The minimum Gasteiger partial charge on any atom is -0.334 e. The highest BCUT2D eigenvalue weighted by Gasteiger charge is 2.34. The molecule has 1 N–H and O–H groups in total. The minimum atomic E-state index is -4.33. The third-order valence-electron chi connectivity index (χ3n) is 4.92. The molecule has 3 rings (SSSR count). The standard InChI is InChI=1S/C18H24F3N3O/c1-13-10-22-8-9-23(13)12-17(25)24(16-6-7-16)11-14-2-4-15(5-3-14)18(19,20)21/h2-5,13,16,22H,6-12H2,1H3/t13-/m0/s1. The second-order valence-corrected chi connectivity index (χ2v) is 6.97. The molecule has 2 aliphatic rings. The molecule has 1 amide bonds. The van der Waals surface area contributed by atoms with Gasteiger partial charge in [-0.1, -0.05) is 12.1 Å². The number of amides is 1. The van der Waals surface area contributed by atoms with Crippen molar-refractivity contribution in [2.75, 3.05) is 26.2 Å². The second kappa shape index (κ2) is 7.33. The summed E-state index contributed by atoms with van der Waals surface area (Å²) < 4.78 is 38.0. The number of hydrogen-bond acceptors (Lipinski definition) is 3. The van der Waals surface area contributed by atoms with Crippen molar-refractivity contribution in [1.82, 2.24) is 15.1 Å². The monoisotopic (exact) mass is 355 g/mol. The first-order valence-corrected chi connectivity index (χ1v) is 8.75. The van der Waals surface area contributed by atoms with Crippen LogP contribution < -0.4 is 5.32 Å². The zero-order valence-electron chi connectivity index (χ0n) is 14.4. The third kappa shape index (κ3) is 4.73. The number of carbonyl (C=O) groups is 1. The highest BCUT2D eigenvalue weighted by molar-refractivity contribution is 5.79. The van der Waals surface area contributed by atoms with Crippen molar-refractivity contribution in [3.05, 3.63) is 35.4 Å². The molecule has 1 atom stereocenters. The Morgan fingerprint density at radius 2 is 1.96 bits per heavy atom. The minimum absolute atomic E-state index is 0.0659. The summed E-state index contributed by atoms with van der Waals surface area (Å²) in [6.45, 7) is 5.43. The van der Waals surface area contributed by atoms with Gasteiger partial charge in [0.2, 0.25) is 5.91 Å². The lowest BCUT2D eigenvalue weighted by molar-refractivity contribution is -0.138. The fraction of sp³-hybridized carbons (Fsp3) is 0.611. The molecule has 1 aromatic rings. The van der Waals surface area contributed by atoms with Crippen LogP contribution in [0.15, 0.2) is 24.3 Å². The van der Waals surface area contributed by atoms with E-state index in [2.05, 4.69) is 17.1 Å². The molecular formula is C18H24F3N3O. The van der Waals surface area contributed by atoms with E-state index in [4.69, 9.17) is 0 Å². The maximum absolute atomic E-state index is 12.8. The molecule has 1 saturated carbocycles. The smallest absolute Gasteiger partial charge is 0.334 e. The van der Waals surface area contributed by atoms with Crippen LogP contribution in [-0.2, 0) is 17.5 Å². The fourth-order valence-electron chi connectivity index (χ4n) is 3.19. The van der Waals surface area contributed by atoms with Crippen LogP contribution in [0.3, 0.4) is 0 Å². The van der Waals surface area contributed by atoms with Crippen molar-refractivity contribution in [1.29, 1.82) is 0 Å². The van der Waals surface area contributed by atoms with Gasteiger partial charge in [-0.05, 0) is 37.5 Å². The SMILES string of the molecule is C[C@H]1CNCCN1CC(=O)N(Cc1ccc(C(F)(F)F)cc1)C1CC1. The lowest BCUT2D eigenvalue weighted by Crippen LogP contribution is -2.53.